The topological polar surface area (TPSA) is 67.6 Å². The van der Waals surface area contributed by atoms with Crippen molar-refractivity contribution in [3.8, 4) is 11.3 Å². The van der Waals surface area contributed by atoms with Crippen LogP contribution in [0, 0.1) is 12.3 Å². The zero-order valence-electron chi connectivity index (χ0n) is 17.3. The Morgan fingerprint density at radius 3 is 2.68 bits per heavy atom. The Hall–Kier alpha value is -2.18. The molecule has 1 unspecified atom stereocenters. The number of hydrogen-bond donors (Lipinski definition) is 1. The van der Waals surface area contributed by atoms with Crippen LogP contribution in [0.5, 0.6) is 0 Å². The van der Waals surface area contributed by atoms with Crippen LogP contribution in [-0.4, -0.2) is 55.9 Å². The molecule has 1 aliphatic rings. The third kappa shape index (κ3) is 4.80. The number of nitrogens with zero attached hydrogens (tertiary/aromatic N) is 2. The Morgan fingerprint density at radius 2 is 2.00 bits per heavy atom. The number of amides is 1. The number of aryl methyl sites for hydroxylation is 1. The number of hydrogen-bond acceptors (Lipinski definition) is 5. The summed E-state index contributed by atoms with van der Waals surface area (Å²) < 4.78 is 11.2. The summed E-state index contributed by atoms with van der Waals surface area (Å²) in [5, 5.41) is 7.45. The largest absolute Gasteiger partial charge is 0.381 e. The summed E-state index contributed by atoms with van der Waals surface area (Å²) in [5.41, 5.74) is 2.51. The smallest absolute Gasteiger partial charge is 0.227 e. The van der Waals surface area contributed by atoms with Crippen molar-refractivity contribution in [1.82, 2.24) is 15.4 Å². The van der Waals surface area contributed by atoms with Gasteiger partial charge in [0.2, 0.25) is 5.91 Å². The van der Waals surface area contributed by atoms with Gasteiger partial charge in [0.25, 0.3) is 0 Å². The summed E-state index contributed by atoms with van der Waals surface area (Å²) in [6, 6.07) is 10.2. The number of carbonyl (C=O) groups excluding carboxylic acids is 1. The van der Waals surface area contributed by atoms with Crippen LogP contribution in [0.25, 0.3) is 11.3 Å². The maximum absolute atomic E-state index is 13.2. The molecule has 1 saturated heterocycles. The van der Waals surface area contributed by atoms with Gasteiger partial charge >= 0.3 is 0 Å². The molecule has 0 aliphatic carbocycles. The predicted molar refractivity (Wildman–Crippen MR) is 109 cm³/mol. The second kappa shape index (κ2) is 8.88. The highest BCUT2D eigenvalue weighted by Crippen LogP contribution is 2.36. The first kappa shape index (κ1) is 20.6. The minimum atomic E-state index is -0.513. The summed E-state index contributed by atoms with van der Waals surface area (Å²) in [7, 11) is 4.02. The van der Waals surface area contributed by atoms with Crippen molar-refractivity contribution in [1.29, 1.82) is 0 Å². The van der Waals surface area contributed by atoms with Crippen molar-refractivity contribution >= 4 is 5.91 Å². The Labute approximate surface area is 167 Å². The van der Waals surface area contributed by atoms with Crippen molar-refractivity contribution in [2.45, 2.75) is 39.2 Å². The Kier molecular flexibility index (Phi) is 6.52. The van der Waals surface area contributed by atoms with Crippen molar-refractivity contribution < 1.29 is 14.1 Å². The summed E-state index contributed by atoms with van der Waals surface area (Å²) in [6.07, 6.45) is 1.91. The summed E-state index contributed by atoms with van der Waals surface area (Å²) >= 11 is 0. The standard InChI is InChI=1S/C22H31N3O3/c1-16-7-5-6-8-19(16)20-13-18(28-24-20)14-22(9-11-27-12-10-22)21(26)23-17(2)15-25(3)4/h5-8,13,17H,9-12,14-15H2,1-4H3,(H,23,26). The van der Waals surface area contributed by atoms with Gasteiger partial charge in [-0.3, -0.25) is 4.79 Å². The SMILES string of the molecule is Cc1ccccc1-c1cc(CC2(C(=O)NC(C)CN(C)C)CCOCC2)on1. The zero-order valence-corrected chi connectivity index (χ0v) is 17.3. The van der Waals surface area contributed by atoms with Crippen LogP contribution in [0.15, 0.2) is 34.9 Å². The molecule has 0 radical (unpaired) electrons. The van der Waals surface area contributed by atoms with Gasteiger partial charge in [-0.2, -0.15) is 0 Å². The third-order valence-electron chi connectivity index (χ3n) is 5.44. The van der Waals surface area contributed by atoms with Crippen LogP contribution in [0.3, 0.4) is 0 Å². The molecule has 1 aromatic heterocycles. The molecule has 1 aliphatic heterocycles. The van der Waals surface area contributed by atoms with Crippen LogP contribution in [0.1, 0.15) is 31.1 Å². The minimum absolute atomic E-state index is 0.0824. The second-order valence-corrected chi connectivity index (χ2v) is 8.20. The molecule has 1 fully saturated rings. The molecule has 0 bridgehead atoms. The van der Waals surface area contributed by atoms with Crippen LogP contribution in [0.2, 0.25) is 0 Å². The van der Waals surface area contributed by atoms with E-state index >= 15 is 0 Å². The van der Waals surface area contributed by atoms with Gasteiger partial charge in [-0.05, 0) is 46.3 Å². The van der Waals surface area contributed by atoms with E-state index in [-0.39, 0.29) is 11.9 Å². The second-order valence-electron chi connectivity index (χ2n) is 8.20. The average Bonchev–Trinajstić information content (AvgIpc) is 3.10. The fourth-order valence-corrected chi connectivity index (χ4v) is 3.93. The van der Waals surface area contributed by atoms with Gasteiger partial charge < -0.3 is 19.5 Å². The Balaban J connectivity index is 1.78. The van der Waals surface area contributed by atoms with Gasteiger partial charge in [-0.1, -0.05) is 29.4 Å². The molecule has 1 N–H and O–H groups in total. The van der Waals surface area contributed by atoms with E-state index in [0.717, 1.165) is 29.1 Å². The van der Waals surface area contributed by atoms with Gasteiger partial charge in [0, 0.05) is 43.9 Å². The number of aromatic nitrogens is 1. The lowest BCUT2D eigenvalue weighted by molar-refractivity contribution is -0.137. The quantitative estimate of drug-likeness (QED) is 0.793. The lowest BCUT2D eigenvalue weighted by Gasteiger charge is -2.36. The molecule has 28 heavy (non-hydrogen) atoms. The monoisotopic (exact) mass is 385 g/mol. The van der Waals surface area contributed by atoms with Crippen molar-refractivity contribution in [3.63, 3.8) is 0 Å². The van der Waals surface area contributed by atoms with Gasteiger partial charge in [0.15, 0.2) is 0 Å². The van der Waals surface area contributed by atoms with Gasteiger partial charge in [-0.25, -0.2) is 0 Å². The van der Waals surface area contributed by atoms with E-state index in [0.29, 0.717) is 32.5 Å². The summed E-state index contributed by atoms with van der Waals surface area (Å²) in [4.78, 5) is 15.3. The predicted octanol–water partition coefficient (Wildman–Crippen LogP) is 3.06. The lowest BCUT2D eigenvalue weighted by Crippen LogP contribution is -2.50. The zero-order chi connectivity index (χ0) is 20.1. The minimum Gasteiger partial charge on any atom is -0.381 e. The molecule has 1 amide bonds. The van der Waals surface area contributed by atoms with Crippen molar-refractivity contribution in [3.05, 3.63) is 41.7 Å². The molecule has 0 spiro atoms. The number of ether oxygens (including phenoxy) is 1. The molecule has 2 aromatic rings. The molecule has 6 nitrogen and oxygen atoms in total. The molecular formula is C22H31N3O3. The first-order valence-corrected chi connectivity index (χ1v) is 9.95. The maximum Gasteiger partial charge on any atom is 0.227 e. The van der Waals surface area contributed by atoms with E-state index < -0.39 is 5.41 Å². The Bertz CT molecular complexity index is 794. The first-order chi connectivity index (χ1) is 13.4. The van der Waals surface area contributed by atoms with Crippen LogP contribution < -0.4 is 5.32 Å². The highest BCUT2D eigenvalue weighted by atomic mass is 16.5. The van der Waals surface area contributed by atoms with Gasteiger partial charge in [0.05, 0.1) is 5.41 Å². The van der Waals surface area contributed by atoms with Crippen molar-refractivity contribution in [2.24, 2.45) is 5.41 Å². The lowest BCUT2D eigenvalue weighted by atomic mass is 9.75. The summed E-state index contributed by atoms with van der Waals surface area (Å²) in [6.45, 7) is 6.08. The maximum atomic E-state index is 13.2. The third-order valence-corrected chi connectivity index (χ3v) is 5.44. The molecule has 3 rings (SSSR count). The van der Waals surface area contributed by atoms with Gasteiger partial charge in [0.1, 0.15) is 11.5 Å². The molecule has 152 valence electrons. The molecule has 1 aromatic carbocycles. The van der Waals surface area contributed by atoms with Crippen molar-refractivity contribution in [2.75, 3.05) is 33.9 Å². The molecular weight excluding hydrogens is 354 g/mol. The van der Waals surface area contributed by atoms with Crippen LogP contribution in [0.4, 0.5) is 0 Å². The highest BCUT2D eigenvalue weighted by Gasteiger charge is 2.41. The van der Waals surface area contributed by atoms with E-state index in [1.165, 1.54) is 0 Å². The molecule has 1 atom stereocenters. The first-order valence-electron chi connectivity index (χ1n) is 9.95. The number of benzene rings is 1. The summed E-state index contributed by atoms with van der Waals surface area (Å²) in [5.74, 6) is 0.828. The van der Waals surface area contributed by atoms with E-state index in [1.807, 2.05) is 45.3 Å². The van der Waals surface area contributed by atoms with E-state index in [2.05, 4.69) is 28.4 Å². The fourth-order valence-electron chi connectivity index (χ4n) is 3.93. The molecule has 2 heterocycles. The number of rotatable bonds is 7. The van der Waals surface area contributed by atoms with E-state index in [9.17, 15) is 4.79 Å². The highest BCUT2D eigenvalue weighted by molar-refractivity contribution is 5.83. The number of nitrogens with one attached hydrogen (secondary N) is 1. The number of likely N-dealkylation sites (N-methyl/N-ethyl adjacent to an activating group) is 1. The van der Waals surface area contributed by atoms with Crippen LogP contribution >= 0.6 is 0 Å². The van der Waals surface area contributed by atoms with E-state index in [1.54, 1.807) is 0 Å². The fraction of sp³-hybridized carbons (Fsp3) is 0.545. The molecule has 6 heteroatoms. The van der Waals surface area contributed by atoms with E-state index in [4.69, 9.17) is 9.26 Å². The van der Waals surface area contributed by atoms with Gasteiger partial charge in [-0.15, -0.1) is 0 Å². The Morgan fingerprint density at radius 1 is 1.29 bits per heavy atom. The average molecular weight is 386 g/mol. The molecule has 0 saturated carbocycles. The van der Waals surface area contributed by atoms with Crippen LogP contribution in [-0.2, 0) is 16.0 Å². The number of carbonyl (C=O) groups is 1. The normalized spacial score (nSPS) is 17.5.